The van der Waals surface area contributed by atoms with Gasteiger partial charge in [-0.05, 0) is 36.8 Å². The highest BCUT2D eigenvalue weighted by atomic mass is 32.2. The van der Waals surface area contributed by atoms with Crippen molar-refractivity contribution in [2.45, 2.75) is 18.4 Å². The summed E-state index contributed by atoms with van der Waals surface area (Å²) in [5.74, 6) is 0.630. The predicted octanol–water partition coefficient (Wildman–Crippen LogP) is 4.44. The molecule has 0 aliphatic rings. The quantitative estimate of drug-likeness (QED) is 0.474. The molecular weight excluding hydrogens is 386 g/mol. The van der Waals surface area contributed by atoms with E-state index in [0.29, 0.717) is 11.5 Å². The summed E-state index contributed by atoms with van der Waals surface area (Å²) in [6.07, 6.45) is 0. The first-order valence-corrected chi connectivity index (χ1v) is 10.5. The molecule has 0 amide bonds. The lowest BCUT2D eigenvalue weighted by Crippen LogP contribution is -2.30. The van der Waals surface area contributed by atoms with Gasteiger partial charge in [0.15, 0.2) is 0 Å². The molecule has 0 bridgehead atoms. The van der Waals surface area contributed by atoms with Crippen LogP contribution in [-0.4, -0.2) is 18.6 Å². The van der Waals surface area contributed by atoms with Crippen molar-refractivity contribution in [3.8, 4) is 11.4 Å². The molecule has 0 radical (unpaired) electrons. The zero-order chi connectivity index (χ0) is 20.3. The average Bonchev–Trinajstić information content (AvgIpc) is 3.22. The molecule has 1 aromatic heterocycles. The van der Waals surface area contributed by atoms with Crippen molar-refractivity contribution in [1.29, 1.82) is 0 Å². The monoisotopic (exact) mass is 405 g/mol. The highest BCUT2D eigenvalue weighted by Gasteiger charge is 2.27. The summed E-state index contributed by atoms with van der Waals surface area (Å²) in [5, 5.41) is 3.99. The molecule has 0 N–H and O–H groups in total. The highest BCUT2D eigenvalue weighted by molar-refractivity contribution is 7.92. The van der Waals surface area contributed by atoms with Gasteiger partial charge in [0.2, 0.25) is 11.7 Å². The number of aromatic nitrogens is 2. The van der Waals surface area contributed by atoms with Gasteiger partial charge in [0.05, 0.1) is 10.6 Å². The van der Waals surface area contributed by atoms with Crippen molar-refractivity contribution >= 4 is 15.7 Å². The molecule has 0 spiro atoms. The molecule has 29 heavy (non-hydrogen) atoms. The van der Waals surface area contributed by atoms with Gasteiger partial charge >= 0.3 is 0 Å². The number of hydrogen-bond donors (Lipinski definition) is 0. The molecule has 0 saturated heterocycles. The zero-order valence-electron chi connectivity index (χ0n) is 15.8. The highest BCUT2D eigenvalue weighted by Crippen LogP contribution is 2.26. The van der Waals surface area contributed by atoms with Crippen LogP contribution in [-0.2, 0) is 16.6 Å². The molecule has 3 aromatic carbocycles. The lowest BCUT2D eigenvalue weighted by molar-refractivity contribution is 0.380. The fraction of sp³-hybridized carbons (Fsp3) is 0.0909. The van der Waals surface area contributed by atoms with E-state index in [0.717, 1.165) is 11.1 Å². The normalized spacial score (nSPS) is 11.3. The summed E-state index contributed by atoms with van der Waals surface area (Å²) in [6.45, 7) is 1.79. The molecule has 0 aliphatic carbocycles. The van der Waals surface area contributed by atoms with Crippen LogP contribution in [0.4, 0.5) is 5.69 Å². The van der Waals surface area contributed by atoms with E-state index in [1.165, 1.54) is 4.31 Å². The second-order valence-corrected chi connectivity index (χ2v) is 8.40. The first kappa shape index (κ1) is 18.9. The number of benzene rings is 3. The first-order valence-electron chi connectivity index (χ1n) is 9.06. The van der Waals surface area contributed by atoms with E-state index in [4.69, 9.17) is 4.52 Å². The predicted molar refractivity (Wildman–Crippen MR) is 111 cm³/mol. The number of para-hydroxylation sites is 1. The number of aryl methyl sites for hydroxylation is 1. The third-order valence-electron chi connectivity index (χ3n) is 4.40. The van der Waals surface area contributed by atoms with Gasteiger partial charge in [0, 0.05) is 5.56 Å². The van der Waals surface area contributed by atoms with Crippen LogP contribution in [0.3, 0.4) is 0 Å². The minimum absolute atomic E-state index is 0.0693. The van der Waals surface area contributed by atoms with E-state index in [1.807, 2.05) is 49.4 Å². The topological polar surface area (TPSA) is 76.3 Å². The van der Waals surface area contributed by atoms with Crippen molar-refractivity contribution in [3.05, 3.63) is 96.4 Å². The van der Waals surface area contributed by atoms with Crippen LogP contribution in [0.2, 0.25) is 0 Å². The van der Waals surface area contributed by atoms with Crippen LogP contribution in [0, 0.1) is 6.92 Å². The second kappa shape index (κ2) is 7.89. The Hall–Kier alpha value is -3.45. The Labute approximate surface area is 169 Å². The lowest BCUT2D eigenvalue weighted by atomic mass is 10.2. The van der Waals surface area contributed by atoms with Crippen LogP contribution >= 0.6 is 0 Å². The fourth-order valence-electron chi connectivity index (χ4n) is 2.96. The largest absolute Gasteiger partial charge is 0.337 e. The summed E-state index contributed by atoms with van der Waals surface area (Å²) < 4.78 is 33.4. The van der Waals surface area contributed by atoms with Gasteiger partial charge in [-0.2, -0.15) is 4.98 Å². The van der Waals surface area contributed by atoms with Crippen LogP contribution in [0.25, 0.3) is 11.4 Å². The summed E-state index contributed by atoms with van der Waals surface area (Å²) in [6, 6.07) is 25.1. The molecule has 146 valence electrons. The van der Waals surface area contributed by atoms with Gasteiger partial charge in [0.25, 0.3) is 10.0 Å². The molecule has 4 rings (SSSR count). The van der Waals surface area contributed by atoms with E-state index in [2.05, 4.69) is 10.1 Å². The number of sulfonamides is 1. The van der Waals surface area contributed by atoms with Gasteiger partial charge in [-0.1, -0.05) is 65.8 Å². The molecule has 1 heterocycles. The van der Waals surface area contributed by atoms with Gasteiger partial charge < -0.3 is 4.52 Å². The van der Waals surface area contributed by atoms with E-state index >= 15 is 0 Å². The molecule has 0 atom stereocenters. The van der Waals surface area contributed by atoms with Crippen LogP contribution in [0.1, 0.15) is 11.5 Å². The third-order valence-corrected chi connectivity index (χ3v) is 6.17. The molecule has 6 nitrogen and oxygen atoms in total. The Morgan fingerprint density at radius 3 is 2.28 bits per heavy atom. The summed E-state index contributed by atoms with van der Waals surface area (Å²) in [7, 11) is -3.82. The van der Waals surface area contributed by atoms with Gasteiger partial charge in [0.1, 0.15) is 6.54 Å². The minimum Gasteiger partial charge on any atom is -0.337 e. The van der Waals surface area contributed by atoms with E-state index < -0.39 is 10.0 Å². The average molecular weight is 405 g/mol. The molecule has 0 fully saturated rings. The second-order valence-electron chi connectivity index (χ2n) is 6.54. The van der Waals surface area contributed by atoms with Gasteiger partial charge in [-0.3, -0.25) is 4.31 Å². The third kappa shape index (κ3) is 4.05. The van der Waals surface area contributed by atoms with E-state index in [1.54, 1.807) is 42.5 Å². The SMILES string of the molecule is Cc1cccc(S(=O)(=O)N(Cc2nc(-c3ccccc3)no2)c2ccccc2)c1. The number of anilines is 1. The summed E-state index contributed by atoms with van der Waals surface area (Å²) in [5.41, 5.74) is 2.19. The Kier molecular flexibility index (Phi) is 5.14. The Bertz CT molecular complexity index is 1210. The Morgan fingerprint density at radius 2 is 1.59 bits per heavy atom. The maximum Gasteiger partial charge on any atom is 0.264 e. The molecular formula is C22H19N3O3S. The maximum absolute atomic E-state index is 13.4. The Morgan fingerprint density at radius 1 is 0.897 bits per heavy atom. The lowest BCUT2D eigenvalue weighted by Gasteiger charge is -2.23. The van der Waals surface area contributed by atoms with Crippen molar-refractivity contribution in [1.82, 2.24) is 10.1 Å². The summed E-state index contributed by atoms with van der Waals surface area (Å²) >= 11 is 0. The first-order chi connectivity index (χ1) is 14.0. The number of rotatable bonds is 6. The standard InChI is InChI=1S/C22H19N3O3S/c1-17-9-8-14-20(15-17)29(26,27)25(19-12-6-3-7-13-19)16-21-23-22(24-28-21)18-10-4-2-5-11-18/h2-15H,16H2,1H3. The molecule has 0 aliphatic heterocycles. The maximum atomic E-state index is 13.4. The molecule has 0 saturated carbocycles. The zero-order valence-corrected chi connectivity index (χ0v) is 16.6. The van der Waals surface area contributed by atoms with Crippen LogP contribution < -0.4 is 4.31 Å². The van der Waals surface area contributed by atoms with Gasteiger partial charge in [-0.15, -0.1) is 0 Å². The molecule has 4 aromatic rings. The van der Waals surface area contributed by atoms with Crippen molar-refractivity contribution < 1.29 is 12.9 Å². The fourth-order valence-corrected chi connectivity index (χ4v) is 4.48. The Balaban J connectivity index is 1.72. The van der Waals surface area contributed by atoms with Crippen LogP contribution in [0.5, 0.6) is 0 Å². The van der Waals surface area contributed by atoms with Gasteiger partial charge in [-0.25, -0.2) is 8.42 Å². The van der Waals surface area contributed by atoms with E-state index in [9.17, 15) is 8.42 Å². The number of nitrogens with zero attached hydrogens (tertiary/aromatic N) is 3. The minimum atomic E-state index is -3.82. The smallest absolute Gasteiger partial charge is 0.264 e. The summed E-state index contributed by atoms with van der Waals surface area (Å²) in [4.78, 5) is 4.60. The van der Waals surface area contributed by atoms with Crippen molar-refractivity contribution in [2.75, 3.05) is 4.31 Å². The van der Waals surface area contributed by atoms with Crippen LogP contribution in [0.15, 0.2) is 94.3 Å². The van der Waals surface area contributed by atoms with Crippen molar-refractivity contribution in [3.63, 3.8) is 0 Å². The van der Waals surface area contributed by atoms with Crippen molar-refractivity contribution in [2.24, 2.45) is 0 Å². The number of hydrogen-bond acceptors (Lipinski definition) is 5. The molecule has 0 unspecified atom stereocenters. The van der Waals surface area contributed by atoms with E-state index in [-0.39, 0.29) is 17.3 Å². The molecule has 7 heteroatoms.